The summed E-state index contributed by atoms with van der Waals surface area (Å²) in [6.45, 7) is 2.08. The number of amides is 1. The highest BCUT2D eigenvalue weighted by atomic mass is 32.2. The molecule has 0 bridgehead atoms. The van der Waals surface area contributed by atoms with Crippen molar-refractivity contribution >= 4 is 40.4 Å². The Balaban J connectivity index is 1.51. The van der Waals surface area contributed by atoms with Crippen LogP contribution in [-0.2, 0) is 11.8 Å². The molecular formula is C22H19N5O3S2. The van der Waals surface area contributed by atoms with Gasteiger partial charge in [-0.1, -0.05) is 54.2 Å². The normalized spacial score (nSPS) is 10.8. The summed E-state index contributed by atoms with van der Waals surface area (Å²) in [5.41, 5.74) is 3.25. The lowest BCUT2D eigenvalue weighted by molar-refractivity contribution is -0.383. The van der Waals surface area contributed by atoms with Crippen molar-refractivity contribution in [1.29, 1.82) is 0 Å². The molecule has 2 aromatic heterocycles. The first-order valence-electron chi connectivity index (χ1n) is 9.65. The standard InChI is InChI=1S/C22H19N5O3S2/c1-14-20(15-8-4-3-5-9-15)16(12-31-14)21-24-25-22(26(21)2)32-13-19(28)23-17-10-6-7-11-18(17)27(29)30/h3-12H,13H2,1-2H3,(H,23,28). The smallest absolute Gasteiger partial charge is 0.292 e. The Bertz CT molecular complexity index is 1280. The van der Waals surface area contributed by atoms with Gasteiger partial charge >= 0.3 is 0 Å². The number of anilines is 1. The van der Waals surface area contributed by atoms with Crippen LogP contribution in [0.3, 0.4) is 0 Å². The first-order chi connectivity index (χ1) is 15.5. The van der Waals surface area contributed by atoms with Gasteiger partial charge in [0.1, 0.15) is 5.69 Å². The van der Waals surface area contributed by atoms with Gasteiger partial charge in [0.2, 0.25) is 5.91 Å². The molecule has 0 aliphatic heterocycles. The van der Waals surface area contributed by atoms with E-state index in [-0.39, 0.29) is 23.0 Å². The first kappa shape index (κ1) is 21.7. The molecule has 0 atom stereocenters. The zero-order valence-corrected chi connectivity index (χ0v) is 18.9. The van der Waals surface area contributed by atoms with Gasteiger partial charge in [-0.05, 0) is 18.6 Å². The lowest BCUT2D eigenvalue weighted by Crippen LogP contribution is -2.15. The molecule has 4 rings (SSSR count). The summed E-state index contributed by atoms with van der Waals surface area (Å²) in [5.74, 6) is 0.409. The van der Waals surface area contributed by atoms with Crippen molar-refractivity contribution in [2.75, 3.05) is 11.1 Å². The van der Waals surface area contributed by atoms with Crippen LogP contribution in [0.15, 0.2) is 65.1 Å². The second kappa shape index (κ2) is 9.33. The lowest BCUT2D eigenvalue weighted by Gasteiger charge is -2.07. The molecule has 162 valence electrons. The highest BCUT2D eigenvalue weighted by molar-refractivity contribution is 7.99. The highest BCUT2D eigenvalue weighted by Gasteiger charge is 2.20. The fraction of sp³-hybridized carbons (Fsp3) is 0.136. The summed E-state index contributed by atoms with van der Waals surface area (Å²) in [5, 5.41) is 25.0. The third kappa shape index (κ3) is 4.41. The summed E-state index contributed by atoms with van der Waals surface area (Å²) in [6, 6.07) is 16.2. The molecule has 2 aromatic carbocycles. The maximum atomic E-state index is 12.4. The van der Waals surface area contributed by atoms with E-state index in [4.69, 9.17) is 0 Å². The second-order valence-electron chi connectivity index (χ2n) is 6.92. The van der Waals surface area contributed by atoms with E-state index < -0.39 is 4.92 Å². The summed E-state index contributed by atoms with van der Waals surface area (Å²) in [4.78, 5) is 24.2. The molecule has 0 saturated heterocycles. The number of benzene rings is 2. The number of hydrogen-bond donors (Lipinski definition) is 1. The molecule has 1 N–H and O–H groups in total. The number of carbonyl (C=O) groups excluding carboxylic acids is 1. The molecule has 0 fully saturated rings. The van der Waals surface area contributed by atoms with Crippen LogP contribution < -0.4 is 5.32 Å². The van der Waals surface area contributed by atoms with Gasteiger partial charge in [0.15, 0.2) is 11.0 Å². The molecule has 0 aliphatic carbocycles. The summed E-state index contributed by atoms with van der Waals surface area (Å²) < 4.78 is 1.86. The van der Waals surface area contributed by atoms with E-state index in [1.165, 1.54) is 28.8 Å². The lowest BCUT2D eigenvalue weighted by atomic mass is 10.0. The molecular weight excluding hydrogens is 446 g/mol. The Morgan fingerprint density at radius 1 is 1.16 bits per heavy atom. The largest absolute Gasteiger partial charge is 0.320 e. The topological polar surface area (TPSA) is 103 Å². The molecule has 0 radical (unpaired) electrons. The minimum atomic E-state index is -0.523. The van der Waals surface area contributed by atoms with Crippen LogP contribution >= 0.6 is 23.1 Å². The molecule has 0 spiro atoms. The monoisotopic (exact) mass is 465 g/mol. The minimum absolute atomic E-state index is 0.0478. The van der Waals surface area contributed by atoms with Gasteiger partial charge in [0, 0.05) is 34.5 Å². The Morgan fingerprint density at radius 2 is 1.88 bits per heavy atom. The van der Waals surface area contributed by atoms with Crippen molar-refractivity contribution in [3.63, 3.8) is 0 Å². The highest BCUT2D eigenvalue weighted by Crippen LogP contribution is 2.38. The molecule has 32 heavy (non-hydrogen) atoms. The van der Waals surface area contributed by atoms with Gasteiger partial charge < -0.3 is 9.88 Å². The molecule has 0 aliphatic rings. The number of nitrogens with zero attached hydrogens (tertiary/aromatic N) is 4. The second-order valence-corrected chi connectivity index (χ2v) is 8.95. The van der Waals surface area contributed by atoms with E-state index in [0.717, 1.165) is 22.5 Å². The number of nitro benzene ring substituents is 1. The maximum Gasteiger partial charge on any atom is 0.292 e. The number of aryl methyl sites for hydroxylation is 1. The number of thiophene rings is 1. The zero-order chi connectivity index (χ0) is 22.7. The Morgan fingerprint density at radius 3 is 2.62 bits per heavy atom. The molecule has 0 saturated carbocycles. The van der Waals surface area contributed by atoms with E-state index in [9.17, 15) is 14.9 Å². The fourth-order valence-corrected chi connectivity index (χ4v) is 4.89. The van der Waals surface area contributed by atoms with Crippen LogP contribution in [-0.4, -0.2) is 31.3 Å². The predicted molar refractivity (Wildman–Crippen MR) is 127 cm³/mol. The number of para-hydroxylation sites is 2. The van der Waals surface area contributed by atoms with E-state index in [1.807, 2.05) is 29.8 Å². The van der Waals surface area contributed by atoms with Gasteiger partial charge in [-0.2, -0.15) is 0 Å². The number of nitrogens with one attached hydrogen (secondary N) is 1. The average Bonchev–Trinajstić information content (AvgIpc) is 3.35. The fourth-order valence-electron chi connectivity index (χ4n) is 3.31. The van der Waals surface area contributed by atoms with Crippen LogP contribution in [0.2, 0.25) is 0 Å². The SMILES string of the molecule is Cc1scc(-c2nnc(SCC(=O)Nc3ccccc3[N+](=O)[O-])n2C)c1-c1ccccc1. The van der Waals surface area contributed by atoms with E-state index in [0.29, 0.717) is 5.16 Å². The number of aromatic nitrogens is 3. The number of thioether (sulfide) groups is 1. The van der Waals surface area contributed by atoms with Crippen LogP contribution in [0.25, 0.3) is 22.5 Å². The van der Waals surface area contributed by atoms with Crippen LogP contribution in [0.4, 0.5) is 11.4 Å². The average molecular weight is 466 g/mol. The Kier molecular flexibility index (Phi) is 6.33. The molecule has 0 unspecified atom stereocenters. The van der Waals surface area contributed by atoms with E-state index >= 15 is 0 Å². The molecule has 1 amide bonds. The summed E-state index contributed by atoms with van der Waals surface area (Å²) >= 11 is 2.88. The molecule has 10 heteroatoms. The van der Waals surface area contributed by atoms with E-state index in [1.54, 1.807) is 23.5 Å². The Hall–Kier alpha value is -3.50. The number of hydrogen-bond acceptors (Lipinski definition) is 7. The Labute approximate surface area is 192 Å². The first-order valence-corrected chi connectivity index (χ1v) is 11.5. The predicted octanol–water partition coefficient (Wildman–Crippen LogP) is 5.16. The van der Waals surface area contributed by atoms with Gasteiger partial charge in [-0.3, -0.25) is 14.9 Å². The quantitative estimate of drug-likeness (QED) is 0.230. The van der Waals surface area contributed by atoms with Gasteiger partial charge in [0.05, 0.1) is 10.7 Å². The molecule has 8 nitrogen and oxygen atoms in total. The third-order valence-electron chi connectivity index (χ3n) is 4.82. The minimum Gasteiger partial charge on any atom is -0.320 e. The van der Waals surface area contributed by atoms with Crippen molar-refractivity contribution in [2.45, 2.75) is 12.1 Å². The van der Waals surface area contributed by atoms with E-state index in [2.05, 4.69) is 40.0 Å². The zero-order valence-electron chi connectivity index (χ0n) is 17.3. The summed E-state index contributed by atoms with van der Waals surface area (Å²) in [7, 11) is 1.86. The maximum absolute atomic E-state index is 12.4. The van der Waals surface area contributed by atoms with Crippen molar-refractivity contribution in [2.24, 2.45) is 7.05 Å². The van der Waals surface area contributed by atoms with Crippen molar-refractivity contribution in [3.05, 3.63) is 75.0 Å². The van der Waals surface area contributed by atoms with Crippen molar-refractivity contribution in [1.82, 2.24) is 14.8 Å². The third-order valence-corrected chi connectivity index (χ3v) is 6.75. The van der Waals surface area contributed by atoms with Crippen molar-refractivity contribution < 1.29 is 9.72 Å². The van der Waals surface area contributed by atoms with Gasteiger partial charge in [0.25, 0.3) is 5.69 Å². The van der Waals surface area contributed by atoms with Crippen LogP contribution in [0, 0.1) is 17.0 Å². The van der Waals surface area contributed by atoms with Crippen LogP contribution in [0.1, 0.15) is 4.88 Å². The number of rotatable bonds is 7. The summed E-state index contributed by atoms with van der Waals surface area (Å²) in [6.07, 6.45) is 0. The number of carbonyl (C=O) groups is 1. The van der Waals surface area contributed by atoms with Gasteiger partial charge in [-0.25, -0.2) is 0 Å². The number of nitro groups is 1. The van der Waals surface area contributed by atoms with Crippen LogP contribution in [0.5, 0.6) is 0 Å². The van der Waals surface area contributed by atoms with Gasteiger partial charge in [-0.15, -0.1) is 21.5 Å². The molecule has 2 heterocycles. The van der Waals surface area contributed by atoms with Crippen molar-refractivity contribution in [3.8, 4) is 22.5 Å². The molecule has 4 aromatic rings.